The number of ether oxygens (including phenoxy) is 2. The summed E-state index contributed by atoms with van der Waals surface area (Å²) in [5.41, 5.74) is 1.94. The van der Waals surface area contributed by atoms with Crippen LogP contribution in [0.25, 0.3) is 0 Å². The molecule has 21 heavy (non-hydrogen) atoms. The summed E-state index contributed by atoms with van der Waals surface area (Å²) in [7, 11) is 0. The van der Waals surface area contributed by atoms with Gasteiger partial charge in [-0.2, -0.15) is 0 Å². The third-order valence-corrected chi connectivity index (χ3v) is 3.73. The molecule has 0 radical (unpaired) electrons. The second kappa shape index (κ2) is 8.15. The van der Waals surface area contributed by atoms with Gasteiger partial charge in [-0.1, -0.05) is 19.1 Å². The molecule has 0 aliphatic carbocycles. The molecule has 4 nitrogen and oxygen atoms in total. The summed E-state index contributed by atoms with van der Waals surface area (Å²) in [6.07, 6.45) is 2.02. The van der Waals surface area contributed by atoms with Crippen molar-refractivity contribution in [1.82, 2.24) is 5.32 Å². The first-order valence-corrected chi connectivity index (χ1v) is 7.74. The van der Waals surface area contributed by atoms with Crippen molar-refractivity contribution in [2.24, 2.45) is 5.92 Å². The van der Waals surface area contributed by atoms with Crippen molar-refractivity contribution in [3.05, 3.63) is 29.8 Å². The lowest BCUT2D eigenvalue weighted by Gasteiger charge is -2.24. The van der Waals surface area contributed by atoms with Gasteiger partial charge in [0.15, 0.2) is 0 Å². The van der Waals surface area contributed by atoms with Crippen molar-refractivity contribution in [2.75, 3.05) is 26.3 Å². The smallest absolute Gasteiger partial charge is 0.119 e. The van der Waals surface area contributed by atoms with Crippen LogP contribution in [0.2, 0.25) is 0 Å². The summed E-state index contributed by atoms with van der Waals surface area (Å²) in [6, 6.07) is 8.20. The fourth-order valence-corrected chi connectivity index (χ4v) is 2.34. The fraction of sp³-hybridized carbons (Fsp3) is 0.588. The quantitative estimate of drug-likeness (QED) is 0.758. The highest BCUT2D eigenvalue weighted by atomic mass is 16.5. The molecule has 1 heterocycles. The number of hydrogen-bond acceptors (Lipinski definition) is 4. The summed E-state index contributed by atoms with van der Waals surface area (Å²) in [6.45, 7) is 7.30. The van der Waals surface area contributed by atoms with Gasteiger partial charge in [0.1, 0.15) is 5.75 Å². The Kier molecular flexibility index (Phi) is 6.21. The number of rotatable bonds is 7. The topological polar surface area (TPSA) is 54.3 Å². The SMILES string of the molecule is CC(=N)CCC(C)COc1ccc([C@H]2CNCCO2)cc1. The summed E-state index contributed by atoms with van der Waals surface area (Å²) in [5, 5.41) is 10.8. The van der Waals surface area contributed by atoms with E-state index in [0.717, 1.165) is 44.0 Å². The van der Waals surface area contributed by atoms with Crippen molar-refractivity contribution in [3.63, 3.8) is 0 Å². The Morgan fingerprint density at radius 1 is 1.43 bits per heavy atom. The molecule has 4 heteroatoms. The molecule has 1 unspecified atom stereocenters. The van der Waals surface area contributed by atoms with Crippen LogP contribution in [0.1, 0.15) is 38.4 Å². The molecular weight excluding hydrogens is 264 g/mol. The third-order valence-electron chi connectivity index (χ3n) is 3.73. The van der Waals surface area contributed by atoms with Crippen LogP contribution >= 0.6 is 0 Å². The molecule has 0 amide bonds. The molecule has 0 bridgehead atoms. The Morgan fingerprint density at radius 2 is 2.19 bits per heavy atom. The van der Waals surface area contributed by atoms with Gasteiger partial charge >= 0.3 is 0 Å². The van der Waals surface area contributed by atoms with E-state index in [9.17, 15) is 0 Å². The molecule has 2 N–H and O–H groups in total. The predicted molar refractivity (Wildman–Crippen MR) is 85.3 cm³/mol. The number of hydrogen-bond donors (Lipinski definition) is 2. The molecule has 1 aromatic carbocycles. The second-order valence-electron chi connectivity index (χ2n) is 5.87. The average Bonchev–Trinajstić information content (AvgIpc) is 2.52. The van der Waals surface area contributed by atoms with E-state index >= 15 is 0 Å². The van der Waals surface area contributed by atoms with Crippen LogP contribution in [0.4, 0.5) is 0 Å². The van der Waals surface area contributed by atoms with E-state index in [1.165, 1.54) is 5.56 Å². The number of benzene rings is 1. The molecule has 2 atom stereocenters. The molecule has 0 spiro atoms. The average molecular weight is 290 g/mol. The van der Waals surface area contributed by atoms with Gasteiger partial charge in [-0.05, 0) is 43.4 Å². The van der Waals surface area contributed by atoms with Crippen molar-refractivity contribution < 1.29 is 9.47 Å². The molecular formula is C17H26N2O2. The molecule has 1 aromatic rings. The zero-order valence-electron chi connectivity index (χ0n) is 13.0. The second-order valence-corrected chi connectivity index (χ2v) is 5.87. The van der Waals surface area contributed by atoms with Gasteiger partial charge < -0.3 is 20.2 Å². The van der Waals surface area contributed by atoms with Crippen molar-refractivity contribution in [1.29, 1.82) is 5.41 Å². The lowest BCUT2D eigenvalue weighted by atomic mass is 10.0. The summed E-state index contributed by atoms with van der Waals surface area (Å²) >= 11 is 0. The van der Waals surface area contributed by atoms with Gasteiger partial charge in [-0.25, -0.2) is 0 Å². The molecule has 1 saturated heterocycles. The molecule has 2 rings (SSSR count). The van der Waals surface area contributed by atoms with E-state index in [1.54, 1.807) is 0 Å². The normalized spacial score (nSPS) is 20.0. The lowest BCUT2D eigenvalue weighted by Crippen LogP contribution is -2.33. The molecule has 1 aliphatic rings. The minimum atomic E-state index is 0.155. The van der Waals surface area contributed by atoms with Crippen LogP contribution in [-0.4, -0.2) is 32.0 Å². The van der Waals surface area contributed by atoms with Gasteiger partial charge in [-0.3, -0.25) is 0 Å². The van der Waals surface area contributed by atoms with Crippen molar-refractivity contribution in [2.45, 2.75) is 32.8 Å². The molecule has 0 aromatic heterocycles. The van der Waals surface area contributed by atoms with Gasteiger partial charge in [0.25, 0.3) is 0 Å². The highest BCUT2D eigenvalue weighted by Gasteiger charge is 2.15. The van der Waals surface area contributed by atoms with Crippen LogP contribution in [-0.2, 0) is 4.74 Å². The van der Waals surface area contributed by atoms with E-state index in [2.05, 4.69) is 24.4 Å². The van der Waals surface area contributed by atoms with Crippen LogP contribution in [0, 0.1) is 11.3 Å². The molecule has 0 saturated carbocycles. The third kappa shape index (κ3) is 5.48. The minimum Gasteiger partial charge on any atom is -0.493 e. The highest BCUT2D eigenvalue weighted by Crippen LogP contribution is 2.22. The maximum atomic E-state index is 7.45. The minimum absolute atomic E-state index is 0.155. The van der Waals surface area contributed by atoms with E-state index in [4.69, 9.17) is 14.9 Å². The van der Waals surface area contributed by atoms with Gasteiger partial charge in [-0.15, -0.1) is 0 Å². The van der Waals surface area contributed by atoms with E-state index in [0.29, 0.717) is 12.5 Å². The molecule has 1 aliphatic heterocycles. The number of nitrogens with one attached hydrogen (secondary N) is 2. The van der Waals surface area contributed by atoms with Gasteiger partial charge in [0, 0.05) is 18.8 Å². The lowest BCUT2D eigenvalue weighted by molar-refractivity contribution is 0.0276. The Balaban J connectivity index is 1.77. The van der Waals surface area contributed by atoms with Gasteiger partial charge in [0.2, 0.25) is 0 Å². The fourth-order valence-electron chi connectivity index (χ4n) is 2.34. The van der Waals surface area contributed by atoms with Crippen LogP contribution < -0.4 is 10.1 Å². The van der Waals surface area contributed by atoms with E-state index in [-0.39, 0.29) is 6.10 Å². The standard InChI is InChI=1S/C17H26N2O2/c1-13(3-4-14(2)18)12-21-16-7-5-15(6-8-16)17-11-19-9-10-20-17/h5-8,13,17-19H,3-4,9-12H2,1-2H3/t13?,17-/m1/s1. The Hall–Kier alpha value is -1.39. The largest absolute Gasteiger partial charge is 0.493 e. The monoisotopic (exact) mass is 290 g/mol. The number of morpholine rings is 1. The maximum Gasteiger partial charge on any atom is 0.119 e. The Bertz CT molecular complexity index is 439. The first kappa shape index (κ1) is 16.0. The zero-order chi connectivity index (χ0) is 15.1. The summed E-state index contributed by atoms with van der Waals surface area (Å²) in [5.74, 6) is 1.37. The van der Waals surface area contributed by atoms with Crippen molar-refractivity contribution in [3.8, 4) is 5.75 Å². The Labute approximate surface area is 127 Å². The van der Waals surface area contributed by atoms with Gasteiger partial charge in [0.05, 0.1) is 19.3 Å². The maximum absolute atomic E-state index is 7.45. The van der Waals surface area contributed by atoms with Crippen molar-refractivity contribution >= 4 is 5.71 Å². The molecule has 116 valence electrons. The van der Waals surface area contributed by atoms with Crippen LogP contribution in [0.15, 0.2) is 24.3 Å². The van der Waals surface area contributed by atoms with Crippen LogP contribution in [0.3, 0.4) is 0 Å². The summed E-state index contributed by atoms with van der Waals surface area (Å²) in [4.78, 5) is 0. The first-order chi connectivity index (χ1) is 10.1. The molecule has 1 fully saturated rings. The first-order valence-electron chi connectivity index (χ1n) is 7.74. The van der Waals surface area contributed by atoms with E-state index < -0.39 is 0 Å². The zero-order valence-corrected chi connectivity index (χ0v) is 13.0. The van der Waals surface area contributed by atoms with E-state index in [1.807, 2.05) is 19.1 Å². The predicted octanol–water partition coefficient (Wildman–Crippen LogP) is 3.18. The highest BCUT2D eigenvalue weighted by molar-refractivity contribution is 5.78. The summed E-state index contributed by atoms with van der Waals surface area (Å²) < 4.78 is 11.5. The Morgan fingerprint density at radius 3 is 2.81 bits per heavy atom. The van der Waals surface area contributed by atoms with Crippen LogP contribution in [0.5, 0.6) is 5.75 Å².